The first-order valence-corrected chi connectivity index (χ1v) is 7.53. The summed E-state index contributed by atoms with van der Waals surface area (Å²) in [6, 6.07) is 10.6. The average Bonchev–Trinajstić information content (AvgIpc) is 2.87. The molecule has 0 amide bonds. The molecular formula is C15H21N3S. The van der Waals surface area contributed by atoms with E-state index in [1.54, 1.807) is 11.3 Å². The molecule has 2 rings (SSSR count). The maximum atomic E-state index is 5.61. The van der Waals surface area contributed by atoms with Gasteiger partial charge in [0.15, 0.2) is 0 Å². The van der Waals surface area contributed by atoms with Crippen molar-refractivity contribution in [1.82, 2.24) is 10.4 Å². The summed E-state index contributed by atoms with van der Waals surface area (Å²) in [7, 11) is 0. The zero-order chi connectivity index (χ0) is 13.7. The minimum absolute atomic E-state index is 0.301. The number of aromatic nitrogens is 1. The van der Waals surface area contributed by atoms with Crippen molar-refractivity contribution in [3.05, 3.63) is 40.7 Å². The van der Waals surface area contributed by atoms with Crippen molar-refractivity contribution in [2.75, 3.05) is 0 Å². The molecule has 2 aromatic rings. The van der Waals surface area contributed by atoms with Gasteiger partial charge in [0, 0.05) is 23.4 Å². The lowest BCUT2D eigenvalue weighted by Crippen LogP contribution is -2.37. The van der Waals surface area contributed by atoms with E-state index in [0.29, 0.717) is 12.0 Å². The van der Waals surface area contributed by atoms with Crippen LogP contribution in [0.5, 0.6) is 0 Å². The molecule has 1 atom stereocenters. The molecule has 0 radical (unpaired) electrons. The smallest absolute Gasteiger partial charge is 0.0948 e. The monoisotopic (exact) mass is 275 g/mol. The second-order valence-corrected chi connectivity index (χ2v) is 6.13. The predicted molar refractivity (Wildman–Crippen MR) is 81.8 cm³/mol. The Morgan fingerprint density at radius 2 is 2.00 bits per heavy atom. The first-order chi connectivity index (χ1) is 9.19. The van der Waals surface area contributed by atoms with Crippen molar-refractivity contribution >= 4 is 11.3 Å². The van der Waals surface area contributed by atoms with Crippen molar-refractivity contribution in [2.24, 2.45) is 11.8 Å². The Bertz CT molecular complexity index is 493. The maximum absolute atomic E-state index is 5.61. The highest BCUT2D eigenvalue weighted by Gasteiger charge is 2.13. The van der Waals surface area contributed by atoms with E-state index >= 15 is 0 Å². The highest BCUT2D eigenvalue weighted by Crippen LogP contribution is 2.23. The topological polar surface area (TPSA) is 50.9 Å². The largest absolute Gasteiger partial charge is 0.271 e. The first-order valence-electron chi connectivity index (χ1n) is 6.65. The quantitative estimate of drug-likeness (QED) is 0.628. The van der Waals surface area contributed by atoms with Gasteiger partial charge < -0.3 is 0 Å². The summed E-state index contributed by atoms with van der Waals surface area (Å²) in [6.45, 7) is 4.42. The molecule has 3 nitrogen and oxygen atoms in total. The molecule has 0 bridgehead atoms. The lowest BCUT2D eigenvalue weighted by molar-refractivity contribution is 0.423. The Kier molecular flexibility index (Phi) is 5.07. The molecule has 0 aliphatic heterocycles. The van der Waals surface area contributed by atoms with Crippen molar-refractivity contribution in [2.45, 2.75) is 32.7 Å². The van der Waals surface area contributed by atoms with Gasteiger partial charge in [0.05, 0.1) is 10.7 Å². The normalized spacial score (nSPS) is 12.8. The number of nitrogens with zero attached hydrogens (tertiary/aromatic N) is 1. The molecule has 0 aliphatic rings. The fourth-order valence-electron chi connectivity index (χ4n) is 2.14. The Morgan fingerprint density at radius 3 is 2.63 bits per heavy atom. The Hall–Kier alpha value is -1.23. The highest BCUT2D eigenvalue weighted by atomic mass is 32.1. The highest BCUT2D eigenvalue weighted by molar-refractivity contribution is 7.09. The average molecular weight is 275 g/mol. The van der Waals surface area contributed by atoms with Gasteiger partial charge in [-0.1, -0.05) is 44.2 Å². The van der Waals surface area contributed by atoms with Gasteiger partial charge in [0.2, 0.25) is 0 Å². The number of benzene rings is 1. The molecule has 1 aromatic carbocycles. The molecule has 0 spiro atoms. The fourth-order valence-corrected chi connectivity index (χ4v) is 3.02. The van der Waals surface area contributed by atoms with Gasteiger partial charge in [-0.2, -0.15) is 0 Å². The van der Waals surface area contributed by atoms with Crippen LogP contribution in [0.3, 0.4) is 0 Å². The van der Waals surface area contributed by atoms with Gasteiger partial charge in [-0.15, -0.1) is 11.3 Å². The van der Waals surface area contributed by atoms with Gasteiger partial charge >= 0.3 is 0 Å². The van der Waals surface area contributed by atoms with Crippen LogP contribution in [0.4, 0.5) is 0 Å². The van der Waals surface area contributed by atoms with Crippen LogP contribution in [0.2, 0.25) is 0 Å². The van der Waals surface area contributed by atoms with Crippen LogP contribution in [-0.4, -0.2) is 11.0 Å². The van der Waals surface area contributed by atoms with Crippen LogP contribution in [0.25, 0.3) is 11.3 Å². The molecule has 1 heterocycles. The minimum atomic E-state index is 0.301. The molecule has 1 aromatic heterocycles. The summed E-state index contributed by atoms with van der Waals surface area (Å²) in [4.78, 5) is 4.70. The third kappa shape index (κ3) is 4.13. The van der Waals surface area contributed by atoms with Crippen molar-refractivity contribution in [1.29, 1.82) is 0 Å². The van der Waals surface area contributed by atoms with Crippen LogP contribution < -0.4 is 11.3 Å². The van der Waals surface area contributed by atoms with Crippen LogP contribution in [0.1, 0.15) is 25.3 Å². The standard InChI is InChI=1S/C15H21N3S/c1-11(2)8-13(18-16)9-15-17-14(10-19-15)12-6-4-3-5-7-12/h3-7,10-11,13,18H,8-9,16H2,1-2H3. The number of nitrogens with two attached hydrogens (primary N) is 1. The third-order valence-electron chi connectivity index (χ3n) is 3.03. The Balaban J connectivity index is 2.05. The lowest BCUT2D eigenvalue weighted by atomic mass is 10.0. The summed E-state index contributed by atoms with van der Waals surface area (Å²) in [5.74, 6) is 6.25. The van der Waals surface area contributed by atoms with E-state index in [4.69, 9.17) is 10.8 Å². The van der Waals surface area contributed by atoms with E-state index < -0.39 is 0 Å². The van der Waals surface area contributed by atoms with Crippen molar-refractivity contribution < 1.29 is 0 Å². The SMILES string of the molecule is CC(C)CC(Cc1nc(-c2ccccc2)cs1)NN. The summed E-state index contributed by atoms with van der Waals surface area (Å²) in [5, 5.41) is 3.26. The van der Waals surface area contributed by atoms with Crippen LogP contribution >= 0.6 is 11.3 Å². The number of rotatable bonds is 6. The van der Waals surface area contributed by atoms with Crippen LogP contribution in [0.15, 0.2) is 35.7 Å². The molecule has 0 fully saturated rings. The van der Waals surface area contributed by atoms with Gasteiger partial charge in [-0.25, -0.2) is 4.98 Å². The zero-order valence-corrected chi connectivity index (χ0v) is 12.3. The van der Waals surface area contributed by atoms with Gasteiger partial charge in [-0.3, -0.25) is 11.3 Å². The number of thiazole rings is 1. The molecule has 1 unspecified atom stereocenters. The van der Waals surface area contributed by atoms with E-state index in [9.17, 15) is 0 Å². The number of hydrazine groups is 1. The molecule has 0 saturated heterocycles. The molecule has 4 heteroatoms. The number of nitrogens with one attached hydrogen (secondary N) is 1. The van der Waals surface area contributed by atoms with Crippen LogP contribution in [0, 0.1) is 5.92 Å². The Morgan fingerprint density at radius 1 is 1.26 bits per heavy atom. The van der Waals surface area contributed by atoms with Gasteiger partial charge in [0.25, 0.3) is 0 Å². The zero-order valence-electron chi connectivity index (χ0n) is 11.5. The first kappa shape index (κ1) is 14.2. The fraction of sp³-hybridized carbons (Fsp3) is 0.400. The third-order valence-corrected chi connectivity index (χ3v) is 3.91. The number of hydrogen-bond acceptors (Lipinski definition) is 4. The van der Waals surface area contributed by atoms with E-state index in [0.717, 1.165) is 23.5 Å². The second kappa shape index (κ2) is 6.80. The predicted octanol–water partition coefficient (Wildman–Crippen LogP) is 3.23. The van der Waals surface area contributed by atoms with Crippen LogP contribution in [-0.2, 0) is 6.42 Å². The summed E-state index contributed by atoms with van der Waals surface area (Å²) >= 11 is 1.71. The van der Waals surface area contributed by atoms with E-state index in [1.807, 2.05) is 18.2 Å². The molecule has 0 saturated carbocycles. The maximum Gasteiger partial charge on any atom is 0.0948 e. The molecule has 0 aliphatic carbocycles. The van der Waals surface area contributed by atoms with E-state index in [-0.39, 0.29) is 0 Å². The minimum Gasteiger partial charge on any atom is -0.271 e. The number of hydrogen-bond donors (Lipinski definition) is 2. The Labute approximate surface area is 118 Å². The summed E-state index contributed by atoms with van der Waals surface area (Å²) in [5.41, 5.74) is 5.13. The summed E-state index contributed by atoms with van der Waals surface area (Å²) in [6.07, 6.45) is 1.96. The van der Waals surface area contributed by atoms with Crippen molar-refractivity contribution in [3.63, 3.8) is 0 Å². The van der Waals surface area contributed by atoms with Gasteiger partial charge in [0.1, 0.15) is 0 Å². The lowest BCUT2D eigenvalue weighted by Gasteiger charge is -2.16. The molecule has 3 N–H and O–H groups in total. The second-order valence-electron chi connectivity index (χ2n) is 5.19. The van der Waals surface area contributed by atoms with Crippen molar-refractivity contribution in [3.8, 4) is 11.3 Å². The van der Waals surface area contributed by atoms with Gasteiger partial charge in [-0.05, 0) is 12.3 Å². The molecule has 102 valence electrons. The van der Waals surface area contributed by atoms with E-state index in [1.165, 1.54) is 5.56 Å². The molecular weight excluding hydrogens is 254 g/mol. The molecule has 19 heavy (non-hydrogen) atoms. The van der Waals surface area contributed by atoms with E-state index in [2.05, 4.69) is 36.8 Å². The summed E-state index contributed by atoms with van der Waals surface area (Å²) < 4.78 is 0.